The Hall–Kier alpha value is -3.84. The van der Waals surface area contributed by atoms with Crippen LogP contribution >= 0.6 is 0 Å². The van der Waals surface area contributed by atoms with Crippen molar-refractivity contribution in [3.05, 3.63) is 117 Å². The summed E-state index contributed by atoms with van der Waals surface area (Å²) in [5, 5.41) is 0.329. The molecule has 0 bridgehead atoms. The van der Waals surface area contributed by atoms with Crippen molar-refractivity contribution < 1.29 is 18.0 Å². The molecule has 0 fully saturated rings. The Balaban J connectivity index is 1.64. The Bertz CT molecular complexity index is 1480. The second-order valence-corrected chi connectivity index (χ2v) is 9.80. The molecule has 0 saturated heterocycles. The first-order chi connectivity index (χ1) is 18.3. The maximum absolute atomic E-state index is 14.2. The van der Waals surface area contributed by atoms with Gasteiger partial charge in [-0.1, -0.05) is 43.3 Å². The van der Waals surface area contributed by atoms with Crippen LogP contribution in [-0.2, 0) is 12.8 Å². The molecule has 2 N–H and O–H groups in total. The number of amides is 1. The Morgan fingerprint density at radius 1 is 1.05 bits per heavy atom. The Labute approximate surface area is 220 Å². The molecule has 3 aromatic carbocycles. The van der Waals surface area contributed by atoms with Gasteiger partial charge in [-0.25, -0.2) is 8.78 Å². The second-order valence-electron chi connectivity index (χ2n) is 9.80. The zero-order valence-electron chi connectivity index (χ0n) is 21.7. The Kier molecular flexibility index (Phi) is 8.69. The smallest absolute Gasteiger partial charge is 0.253 e. The molecule has 38 heavy (non-hydrogen) atoms. The molecule has 198 valence electrons. The normalized spacial score (nSPS) is 12.0. The second kappa shape index (κ2) is 12.1. The summed E-state index contributed by atoms with van der Waals surface area (Å²) in [6.07, 6.45) is 1.33. The highest BCUT2D eigenvalue weighted by Crippen LogP contribution is 2.23. The number of rotatable bonds is 10. The van der Waals surface area contributed by atoms with Crippen LogP contribution in [0.15, 0.2) is 75.9 Å². The fourth-order valence-electron chi connectivity index (χ4n) is 4.62. The number of nitrogens with zero attached hydrogens (tertiary/aromatic N) is 1. The summed E-state index contributed by atoms with van der Waals surface area (Å²) in [5.74, 6) is -0.846. The number of nitrogens with two attached hydrogens (primary N) is 1. The lowest BCUT2D eigenvalue weighted by atomic mass is 9.96. The van der Waals surface area contributed by atoms with Gasteiger partial charge in [0.1, 0.15) is 23.0 Å². The highest BCUT2D eigenvalue weighted by atomic mass is 19.1. The lowest BCUT2D eigenvalue weighted by molar-refractivity contribution is 0.0729. The molecule has 0 radical (unpaired) electrons. The molecule has 4 aromatic rings. The fraction of sp³-hybridized carbons (Fsp3) is 0.290. The van der Waals surface area contributed by atoms with E-state index in [1.54, 1.807) is 24.0 Å². The molecule has 0 aliphatic rings. The van der Waals surface area contributed by atoms with Crippen LogP contribution < -0.4 is 11.2 Å². The lowest BCUT2D eigenvalue weighted by Gasteiger charge is -2.26. The van der Waals surface area contributed by atoms with E-state index in [1.165, 1.54) is 24.3 Å². The van der Waals surface area contributed by atoms with Crippen molar-refractivity contribution >= 4 is 16.9 Å². The van der Waals surface area contributed by atoms with Gasteiger partial charge in [0.05, 0.1) is 5.39 Å². The lowest BCUT2D eigenvalue weighted by Crippen LogP contribution is -2.37. The van der Waals surface area contributed by atoms with Crippen molar-refractivity contribution in [3.63, 3.8) is 0 Å². The van der Waals surface area contributed by atoms with Crippen LogP contribution in [0.2, 0.25) is 0 Å². The third-order valence-electron chi connectivity index (χ3n) is 6.66. The molecule has 1 amide bonds. The van der Waals surface area contributed by atoms with Gasteiger partial charge in [0.15, 0.2) is 5.43 Å². The van der Waals surface area contributed by atoms with Crippen LogP contribution in [0, 0.1) is 24.5 Å². The topological polar surface area (TPSA) is 76.5 Å². The van der Waals surface area contributed by atoms with E-state index < -0.39 is 11.6 Å². The van der Waals surface area contributed by atoms with E-state index in [4.69, 9.17) is 10.2 Å². The standard InChI is InChI=1S/C31H32F2N2O3/c1-20(19-35(14-6-13-34)31(37)23-10-9-21(2)27(33)17-23)15-28-26(16-22-7-4-3-5-8-22)30(36)25-12-11-24(32)18-29(25)38-28/h3-5,7-12,17-18,20H,6,13-16,19,34H2,1-2H3. The van der Waals surface area contributed by atoms with Gasteiger partial charge in [-0.15, -0.1) is 0 Å². The third-order valence-corrected chi connectivity index (χ3v) is 6.66. The van der Waals surface area contributed by atoms with Gasteiger partial charge in [-0.2, -0.15) is 0 Å². The minimum absolute atomic E-state index is 0.115. The number of carbonyl (C=O) groups excluding carboxylic acids is 1. The molecule has 1 aromatic heterocycles. The molecular formula is C31H32F2N2O3. The molecule has 0 saturated carbocycles. The van der Waals surface area contributed by atoms with Crippen LogP contribution in [0.3, 0.4) is 0 Å². The predicted octanol–water partition coefficient (Wildman–Crippen LogP) is 5.64. The third kappa shape index (κ3) is 6.34. The quantitative estimate of drug-likeness (QED) is 0.295. The van der Waals surface area contributed by atoms with Crippen LogP contribution in [-0.4, -0.2) is 30.4 Å². The first kappa shape index (κ1) is 27.2. The summed E-state index contributed by atoms with van der Waals surface area (Å²) in [6, 6.07) is 18.0. The number of aryl methyl sites for hydroxylation is 1. The minimum Gasteiger partial charge on any atom is -0.460 e. The zero-order chi connectivity index (χ0) is 27.2. The summed E-state index contributed by atoms with van der Waals surface area (Å²) in [6.45, 7) is 4.78. The van der Waals surface area contributed by atoms with E-state index in [9.17, 15) is 18.4 Å². The van der Waals surface area contributed by atoms with Gasteiger partial charge in [0.2, 0.25) is 0 Å². The number of benzene rings is 3. The van der Waals surface area contributed by atoms with Gasteiger partial charge in [0, 0.05) is 43.1 Å². The highest BCUT2D eigenvalue weighted by molar-refractivity contribution is 5.94. The van der Waals surface area contributed by atoms with Gasteiger partial charge in [-0.3, -0.25) is 9.59 Å². The molecular weight excluding hydrogens is 486 g/mol. The van der Waals surface area contributed by atoms with E-state index in [-0.39, 0.29) is 28.4 Å². The van der Waals surface area contributed by atoms with Crippen molar-refractivity contribution in [2.45, 2.75) is 33.1 Å². The van der Waals surface area contributed by atoms with Gasteiger partial charge < -0.3 is 15.1 Å². The fourth-order valence-corrected chi connectivity index (χ4v) is 4.62. The number of halogens is 2. The van der Waals surface area contributed by atoms with Crippen LogP contribution in [0.25, 0.3) is 11.0 Å². The van der Waals surface area contributed by atoms with Crippen molar-refractivity contribution in [1.82, 2.24) is 4.90 Å². The van der Waals surface area contributed by atoms with Crippen LogP contribution in [0.1, 0.15) is 46.2 Å². The molecule has 1 heterocycles. The van der Waals surface area contributed by atoms with E-state index in [2.05, 4.69) is 0 Å². The summed E-state index contributed by atoms with van der Waals surface area (Å²) in [4.78, 5) is 28.4. The molecule has 0 aliphatic carbocycles. The largest absolute Gasteiger partial charge is 0.460 e. The highest BCUT2D eigenvalue weighted by Gasteiger charge is 2.22. The first-order valence-corrected chi connectivity index (χ1v) is 12.8. The number of fused-ring (bicyclic) bond motifs is 1. The molecule has 4 rings (SSSR count). The van der Waals surface area contributed by atoms with Crippen LogP contribution in [0.5, 0.6) is 0 Å². The molecule has 1 atom stereocenters. The van der Waals surface area contributed by atoms with E-state index >= 15 is 0 Å². The monoisotopic (exact) mass is 518 g/mol. The predicted molar refractivity (Wildman–Crippen MR) is 145 cm³/mol. The van der Waals surface area contributed by atoms with Gasteiger partial charge in [0.25, 0.3) is 5.91 Å². The van der Waals surface area contributed by atoms with Crippen molar-refractivity contribution in [1.29, 1.82) is 0 Å². The van der Waals surface area contributed by atoms with Crippen LogP contribution in [0.4, 0.5) is 8.78 Å². The molecule has 0 spiro atoms. The number of hydrogen-bond acceptors (Lipinski definition) is 4. The Morgan fingerprint density at radius 2 is 1.82 bits per heavy atom. The Morgan fingerprint density at radius 3 is 2.53 bits per heavy atom. The molecule has 5 nitrogen and oxygen atoms in total. The van der Waals surface area contributed by atoms with Crippen molar-refractivity contribution in [3.8, 4) is 0 Å². The molecule has 7 heteroatoms. The summed E-state index contributed by atoms with van der Waals surface area (Å²) in [5.41, 5.74) is 7.93. The summed E-state index contributed by atoms with van der Waals surface area (Å²) >= 11 is 0. The average Bonchev–Trinajstić information content (AvgIpc) is 2.90. The number of carbonyl (C=O) groups is 1. The van der Waals surface area contributed by atoms with Gasteiger partial charge in [-0.05, 0) is 61.2 Å². The van der Waals surface area contributed by atoms with Gasteiger partial charge >= 0.3 is 0 Å². The first-order valence-electron chi connectivity index (χ1n) is 12.8. The van der Waals surface area contributed by atoms with Crippen molar-refractivity contribution in [2.75, 3.05) is 19.6 Å². The summed E-state index contributed by atoms with van der Waals surface area (Å²) < 4.78 is 34.2. The SMILES string of the molecule is Cc1ccc(C(=O)N(CCCN)CC(C)Cc2oc3cc(F)ccc3c(=O)c2Cc2ccccc2)cc1F. The van der Waals surface area contributed by atoms with E-state index in [0.29, 0.717) is 61.2 Å². The maximum Gasteiger partial charge on any atom is 0.253 e. The summed E-state index contributed by atoms with van der Waals surface area (Å²) in [7, 11) is 0. The average molecular weight is 519 g/mol. The number of hydrogen-bond donors (Lipinski definition) is 1. The maximum atomic E-state index is 14.2. The van der Waals surface area contributed by atoms with E-state index in [1.807, 2.05) is 37.3 Å². The molecule has 1 unspecified atom stereocenters. The van der Waals surface area contributed by atoms with E-state index in [0.717, 1.165) is 5.56 Å². The zero-order valence-corrected chi connectivity index (χ0v) is 21.7. The van der Waals surface area contributed by atoms with Crippen molar-refractivity contribution in [2.24, 2.45) is 11.7 Å². The molecule has 0 aliphatic heterocycles. The minimum atomic E-state index is -0.487.